The van der Waals surface area contributed by atoms with Crippen molar-refractivity contribution in [2.75, 3.05) is 4.90 Å². The van der Waals surface area contributed by atoms with Crippen LogP contribution in [0.25, 0.3) is 12.2 Å². The summed E-state index contributed by atoms with van der Waals surface area (Å²) in [6.07, 6.45) is 6.99. The molecule has 7 heteroatoms. The molecule has 0 radical (unpaired) electrons. The number of carbonyl (C=O) groups is 1. The number of aromatic nitrogens is 3. The molecule has 0 spiro atoms. The largest absolute Gasteiger partial charge is 0.307 e. The predicted molar refractivity (Wildman–Crippen MR) is 82.1 cm³/mol. The SMILES string of the molecule is CC(=O)N(c1nc(/C=C/c2nccc(=O)[nH]2)cs1)C1CC1. The highest BCUT2D eigenvalue weighted by atomic mass is 32.1. The third-order valence-electron chi connectivity index (χ3n) is 3.07. The van der Waals surface area contributed by atoms with E-state index in [1.54, 1.807) is 24.0 Å². The van der Waals surface area contributed by atoms with Gasteiger partial charge in [0.1, 0.15) is 5.82 Å². The van der Waals surface area contributed by atoms with Crippen molar-refractivity contribution in [3.05, 3.63) is 39.5 Å². The molecular formula is C14H14N4O2S. The van der Waals surface area contributed by atoms with Gasteiger partial charge in [-0.15, -0.1) is 11.3 Å². The summed E-state index contributed by atoms with van der Waals surface area (Å²) < 4.78 is 0. The molecule has 6 nitrogen and oxygen atoms in total. The number of nitrogens with one attached hydrogen (secondary N) is 1. The fourth-order valence-corrected chi connectivity index (χ4v) is 2.89. The van der Waals surface area contributed by atoms with Gasteiger partial charge < -0.3 is 4.98 Å². The lowest BCUT2D eigenvalue weighted by Gasteiger charge is -2.16. The summed E-state index contributed by atoms with van der Waals surface area (Å²) >= 11 is 1.44. The van der Waals surface area contributed by atoms with E-state index in [1.807, 2.05) is 5.38 Å². The Morgan fingerprint density at radius 2 is 2.29 bits per heavy atom. The number of thiazole rings is 1. The Hall–Kier alpha value is -2.28. The second-order valence-corrected chi connectivity index (χ2v) is 5.66. The zero-order valence-corrected chi connectivity index (χ0v) is 12.3. The van der Waals surface area contributed by atoms with E-state index in [0.29, 0.717) is 11.9 Å². The first-order valence-electron chi connectivity index (χ1n) is 6.62. The van der Waals surface area contributed by atoms with E-state index in [-0.39, 0.29) is 11.5 Å². The maximum atomic E-state index is 11.7. The molecule has 1 aliphatic carbocycles. The summed E-state index contributed by atoms with van der Waals surface area (Å²) in [5, 5.41) is 2.60. The van der Waals surface area contributed by atoms with E-state index in [9.17, 15) is 9.59 Å². The lowest BCUT2D eigenvalue weighted by molar-refractivity contribution is -0.116. The van der Waals surface area contributed by atoms with Crippen LogP contribution in [0, 0.1) is 0 Å². The maximum absolute atomic E-state index is 11.7. The van der Waals surface area contributed by atoms with E-state index in [1.165, 1.54) is 23.6 Å². The molecule has 0 aliphatic heterocycles. The van der Waals surface area contributed by atoms with Crippen LogP contribution in [0.5, 0.6) is 0 Å². The molecule has 0 aromatic carbocycles. The van der Waals surface area contributed by atoms with Gasteiger partial charge in [-0.05, 0) is 25.0 Å². The summed E-state index contributed by atoms with van der Waals surface area (Å²) in [7, 11) is 0. The van der Waals surface area contributed by atoms with E-state index >= 15 is 0 Å². The van der Waals surface area contributed by atoms with Crippen LogP contribution in [0.3, 0.4) is 0 Å². The molecule has 2 heterocycles. The number of hydrogen-bond acceptors (Lipinski definition) is 5. The topological polar surface area (TPSA) is 79.0 Å². The number of amides is 1. The first kappa shape index (κ1) is 13.7. The number of H-pyrrole nitrogens is 1. The van der Waals surface area contributed by atoms with Gasteiger partial charge in [0, 0.05) is 30.6 Å². The van der Waals surface area contributed by atoms with Crippen molar-refractivity contribution in [3.8, 4) is 0 Å². The van der Waals surface area contributed by atoms with E-state index in [4.69, 9.17) is 0 Å². The monoisotopic (exact) mass is 302 g/mol. The highest BCUT2D eigenvalue weighted by molar-refractivity contribution is 7.14. The molecule has 0 unspecified atom stereocenters. The second-order valence-electron chi connectivity index (χ2n) is 4.83. The van der Waals surface area contributed by atoms with Gasteiger partial charge in [-0.3, -0.25) is 14.5 Å². The second kappa shape index (κ2) is 5.61. The molecule has 2 aromatic rings. The van der Waals surface area contributed by atoms with Crippen molar-refractivity contribution in [1.29, 1.82) is 0 Å². The maximum Gasteiger partial charge on any atom is 0.251 e. The molecule has 1 aliphatic rings. The van der Waals surface area contributed by atoms with Crippen molar-refractivity contribution >= 4 is 34.5 Å². The summed E-state index contributed by atoms with van der Waals surface area (Å²) in [6.45, 7) is 1.56. The molecule has 1 saturated carbocycles. The van der Waals surface area contributed by atoms with Crippen LogP contribution in [0.1, 0.15) is 31.3 Å². The van der Waals surface area contributed by atoms with Crippen LogP contribution >= 0.6 is 11.3 Å². The van der Waals surface area contributed by atoms with Crippen LogP contribution < -0.4 is 10.5 Å². The first-order chi connectivity index (χ1) is 10.1. The van der Waals surface area contributed by atoms with Crippen LogP contribution in [0.4, 0.5) is 5.13 Å². The van der Waals surface area contributed by atoms with E-state index < -0.39 is 0 Å². The molecule has 21 heavy (non-hydrogen) atoms. The molecule has 2 aromatic heterocycles. The van der Waals surface area contributed by atoms with Gasteiger partial charge in [-0.2, -0.15) is 0 Å². The molecule has 108 valence electrons. The number of carbonyl (C=O) groups excluding carboxylic acids is 1. The zero-order chi connectivity index (χ0) is 14.8. The Bertz CT molecular complexity index is 745. The molecule has 0 bridgehead atoms. The van der Waals surface area contributed by atoms with Gasteiger partial charge in [0.25, 0.3) is 5.56 Å². The smallest absolute Gasteiger partial charge is 0.251 e. The number of anilines is 1. The Kier molecular flexibility index (Phi) is 3.66. The molecule has 0 saturated heterocycles. The zero-order valence-electron chi connectivity index (χ0n) is 11.4. The molecule has 3 rings (SSSR count). The van der Waals surface area contributed by atoms with Crippen LogP contribution in [0.15, 0.2) is 22.4 Å². The number of aromatic amines is 1. The minimum absolute atomic E-state index is 0.0245. The molecular weight excluding hydrogens is 288 g/mol. The van der Waals surface area contributed by atoms with Crippen molar-refractivity contribution in [2.24, 2.45) is 0 Å². The highest BCUT2D eigenvalue weighted by Gasteiger charge is 2.33. The Labute approximate surface area is 125 Å². The third-order valence-corrected chi connectivity index (χ3v) is 3.93. The number of rotatable bonds is 4. The van der Waals surface area contributed by atoms with Crippen molar-refractivity contribution in [3.63, 3.8) is 0 Å². The van der Waals surface area contributed by atoms with Gasteiger partial charge in [0.15, 0.2) is 5.13 Å². The van der Waals surface area contributed by atoms with Crippen LogP contribution in [-0.2, 0) is 4.79 Å². The normalized spacial score (nSPS) is 14.5. The highest BCUT2D eigenvalue weighted by Crippen LogP contribution is 2.33. The Balaban J connectivity index is 1.78. The lowest BCUT2D eigenvalue weighted by atomic mass is 10.4. The van der Waals surface area contributed by atoms with Crippen molar-refractivity contribution < 1.29 is 4.79 Å². The molecule has 1 fully saturated rings. The summed E-state index contributed by atoms with van der Waals surface area (Å²) in [4.78, 5) is 35.7. The van der Waals surface area contributed by atoms with Crippen molar-refractivity contribution in [2.45, 2.75) is 25.8 Å². The molecule has 1 N–H and O–H groups in total. The van der Waals surface area contributed by atoms with Crippen LogP contribution in [-0.4, -0.2) is 26.9 Å². The van der Waals surface area contributed by atoms with E-state index in [2.05, 4.69) is 15.0 Å². The fourth-order valence-electron chi connectivity index (χ4n) is 1.98. The standard InChI is InChI=1S/C14H14N4O2S/c1-9(19)18(11-3-4-11)14-16-10(8-21-14)2-5-12-15-7-6-13(20)17-12/h2,5-8,11H,3-4H2,1H3,(H,15,17,20)/b5-2+. The van der Waals surface area contributed by atoms with Crippen LogP contribution in [0.2, 0.25) is 0 Å². The van der Waals surface area contributed by atoms with Gasteiger partial charge in [0.2, 0.25) is 5.91 Å². The number of nitrogens with zero attached hydrogens (tertiary/aromatic N) is 3. The van der Waals surface area contributed by atoms with Crippen molar-refractivity contribution in [1.82, 2.24) is 15.0 Å². The summed E-state index contributed by atoms with van der Waals surface area (Å²) in [6, 6.07) is 1.66. The quantitative estimate of drug-likeness (QED) is 0.935. The van der Waals surface area contributed by atoms with Gasteiger partial charge >= 0.3 is 0 Å². The average Bonchev–Trinajstić information content (AvgIpc) is 3.15. The Morgan fingerprint density at radius 3 is 2.95 bits per heavy atom. The minimum Gasteiger partial charge on any atom is -0.307 e. The van der Waals surface area contributed by atoms with Gasteiger partial charge in [-0.1, -0.05) is 0 Å². The van der Waals surface area contributed by atoms with Gasteiger partial charge in [-0.25, -0.2) is 9.97 Å². The lowest BCUT2D eigenvalue weighted by Crippen LogP contribution is -2.30. The predicted octanol–water partition coefficient (Wildman–Crippen LogP) is 1.91. The average molecular weight is 302 g/mol. The molecule has 1 amide bonds. The summed E-state index contributed by atoms with van der Waals surface area (Å²) in [5.41, 5.74) is 0.550. The van der Waals surface area contributed by atoms with Gasteiger partial charge in [0.05, 0.1) is 5.69 Å². The summed E-state index contributed by atoms with van der Waals surface area (Å²) in [5.74, 6) is 0.499. The fraction of sp³-hybridized carbons (Fsp3) is 0.286. The Morgan fingerprint density at radius 1 is 1.48 bits per heavy atom. The third kappa shape index (κ3) is 3.25. The molecule has 0 atom stereocenters. The first-order valence-corrected chi connectivity index (χ1v) is 7.50. The van der Waals surface area contributed by atoms with E-state index in [0.717, 1.165) is 23.7 Å². The minimum atomic E-state index is -0.194. The number of hydrogen-bond donors (Lipinski definition) is 1.